The van der Waals surface area contributed by atoms with Gasteiger partial charge in [-0.15, -0.1) is 0 Å². The van der Waals surface area contributed by atoms with E-state index in [0.717, 1.165) is 59.9 Å². The average molecular weight is 331 g/mol. The van der Waals surface area contributed by atoms with Crippen molar-refractivity contribution in [2.75, 3.05) is 18.0 Å². The van der Waals surface area contributed by atoms with E-state index in [-0.39, 0.29) is 5.92 Å². The maximum absolute atomic E-state index is 9.34. The van der Waals surface area contributed by atoms with E-state index in [2.05, 4.69) is 36.1 Å². The molecule has 1 fully saturated rings. The van der Waals surface area contributed by atoms with Gasteiger partial charge >= 0.3 is 0 Å². The van der Waals surface area contributed by atoms with Crippen molar-refractivity contribution in [3.05, 3.63) is 47.7 Å². The predicted octanol–water partition coefficient (Wildman–Crippen LogP) is 3.75. The van der Waals surface area contributed by atoms with Gasteiger partial charge in [0.05, 0.1) is 23.4 Å². The van der Waals surface area contributed by atoms with Crippen molar-refractivity contribution >= 4 is 11.5 Å². The lowest BCUT2D eigenvalue weighted by molar-refractivity contribution is 0.488. The van der Waals surface area contributed by atoms with Gasteiger partial charge in [0.15, 0.2) is 5.65 Å². The smallest absolute Gasteiger partial charge is 0.161 e. The fraction of sp³-hybridized carbons (Fsp3) is 0.350. The van der Waals surface area contributed by atoms with Gasteiger partial charge in [0.2, 0.25) is 0 Å². The van der Waals surface area contributed by atoms with E-state index in [1.54, 1.807) is 0 Å². The summed E-state index contributed by atoms with van der Waals surface area (Å²) in [6, 6.07) is 14.8. The Morgan fingerprint density at radius 1 is 1.20 bits per heavy atom. The molecule has 0 radical (unpaired) electrons. The molecule has 126 valence electrons. The molecule has 0 N–H and O–H groups in total. The summed E-state index contributed by atoms with van der Waals surface area (Å²) in [7, 11) is 0. The first kappa shape index (κ1) is 15.6. The first-order valence-corrected chi connectivity index (χ1v) is 8.74. The molecule has 0 saturated carbocycles. The molecular weight excluding hydrogens is 310 g/mol. The highest BCUT2D eigenvalue weighted by Gasteiger charge is 2.23. The number of fused-ring (bicyclic) bond motifs is 1. The van der Waals surface area contributed by atoms with Crippen LogP contribution in [-0.4, -0.2) is 27.7 Å². The van der Waals surface area contributed by atoms with Crippen LogP contribution in [-0.2, 0) is 0 Å². The SMILES string of the molecule is Cc1nn2c(N3CCCC(C#N)C3)cc(-c3ccccc3)nc2c1C. The number of piperidine rings is 1. The molecule has 1 atom stereocenters. The van der Waals surface area contributed by atoms with Crippen molar-refractivity contribution in [1.82, 2.24) is 14.6 Å². The zero-order valence-corrected chi connectivity index (χ0v) is 14.6. The average Bonchev–Trinajstić information content (AvgIpc) is 2.96. The van der Waals surface area contributed by atoms with Crippen LogP contribution in [0.2, 0.25) is 0 Å². The zero-order valence-electron chi connectivity index (χ0n) is 14.6. The molecule has 3 heterocycles. The van der Waals surface area contributed by atoms with Gasteiger partial charge in [-0.05, 0) is 26.7 Å². The number of anilines is 1. The summed E-state index contributed by atoms with van der Waals surface area (Å²) in [6.45, 7) is 5.78. The lowest BCUT2D eigenvalue weighted by atomic mass is 9.99. The number of aryl methyl sites for hydroxylation is 2. The maximum Gasteiger partial charge on any atom is 0.161 e. The Balaban J connectivity index is 1.90. The van der Waals surface area contributed by atoms with Crippen LogP contribution in [0.3, 0.4) is 0 Å². The standard InChI is InChI=1S/C20H21N5/c1-14-15(2)23-25-19(24-10-6-7-16(12-21)13-24)11-18(22-20(14)25)17-8-4-3-5-9-17/h3-5,8-9,11,16H,6-7,10,13H2,1-2H3. The number of nitriles is 1. The van der Waals surface area contributed by atoms with Crippen molar-refractivity contribution in [3.8, 4) is 17.3 Å². The van der Waals surface area contributed by atoms with Crippen LogP contribution in [0, 0.1) is 31.1 Å². The fourth-order valence-electron chi connectivity index (χ4n) is 3.49. The van der Waals surface area contributed by atoms with E-state index in [1.807, 2.05) is 29.6 Å². The van der Waals surface area contributed by atoms with Gasteiger partial charge in [-0.2, -0.15) is 14.9 Å². The number of aromatic nitrogens is 3. The van der Waals surface area contributed by atoms with Gasteiger partial charge in [0, 0.05) is 30.3 Å². The highest BCUT2D eigenvalue weighted by molar-refractivity contribution is 5.68. The number of benzene rings is 1. The van der Waals surface area contributed by atoms with E-state index in [1.165, 1.54) is 0 Å². The van der Waals surface area contributed by atoms with Crippen LogP contribution in [0.5, 0.6) is 0 Å². The Morgan fingerprint density at radius 3 is 2.76 bits per heavy atom. The molecule has 1 saturated heterocycles. The summed E-state index contributed by atoms with van der Waals surface area (Å²) < 4.78 is 1.94. The lowest BCUT2D eigenvalue weighted by Crippen LogP contribution is -2.36. The van der Waals surface area contributed by atoms with Crippen molar-refractivity contribution < 1.29 is 0 Å². The largest absolute Gasteiger partial charge is 0.355 e. The van der Waals surface area contributed by atoms with E-state index < -0.39 is 0 Å². The third-order valence-corrected chi connectivity index (χ3v) is 5.04. The van der Waals surface area contributed by atoms with Crippen molar-refractivity contribution in [3.63, 3.8) is 0 Å². The molecule has 1 aromatic carbocycles. The second-order valence-corrected chi connectivity index (χ2v) is 6.73. The van der Waals surface area contributed by atoms with Crippen LogP contribution < -0.4 is 4.90 Å². The monoisotopic (exact) mass is 331 g/mol. The minimum absolute atomic E-state index is 0.0786. The van der Waals surface area contributed by atoms with Gasteiger partial charge in [-0.25, -0.2) is 4.98 Å². The van der Waals surface area contributed by atoms with Gasteiger partial charge in [0.1, 0.15) is 5.82 Å². The molecule has 2 aromatic heterocycles. The Hall–Kier alpha value is -2.87. The van der Waals surface area contributed by atoms with Gasteiger partial charge in [-0.1, -0.05) is 30.3 Å². The Labute approximate surface area is 147 Å². The summed E-state index contributed by atoms with van der Waals surface area (Å²) in [5.74, 6) is 1.11. The quantitative estimate of drug-likeness (QED) is 0.717. The molecule has 5 nitrogen and oxygen atoms in total. The Morgan fingerprint density at radius 2 is 2.00 bits per heavy atom. The summed E-state index contributed by atoms with van der Waals surface area (Å²) in [6.07, 6.45) is 2.01. The van der Waals surface area contributed by atoms with E-state index in [9.17, 15) is 5.26 Å². The third-order valence-electron chi connectivity index (χ3n) is 5.04. The molecule has 0 aliphatic carbocycles. The molecule has 1 unspecified atom stereocenters. The molecule has 1 aliphatic rings. The second-order valence-electron chi connectivity index (χ2n) is 6.73. The molecular formula is C20H21N5. The summed E-state index contributed by atoms with van der Waals surface area (Å²) in [5, 5.41) is 14.0. The minimum atomic E-state index is 0.0786. The normalized spacial score (nSPS) is 17.6. The van der Waals surface area contributed by atoms with E-state index >= 15 is 0 Å². The van der Waals surface area contributed by atoms with E-state index in [4.69, 9.17) is 10.1 Å². The maximum atomic E-state index is 9.34. The highest BCUT2D eigenvalue weighted by atomic mass is 15.4. The molecule has 5 heteroatoms. The first-order chi connectivity index (χ1) is 12.2. The van der Waals surface area contributed by atoms with Crippen LogP contribution in [0.15, 0.2) is 36.4 Å². The van der Waals surface area contributed by atoms with Gasteiger partial charge in [0.25, 0.3) is 0 Å². The molecule has 3 aromatic rings. The molecule has 0 bridgehead atoms. The van der Waals surface area contributed by atoms with E-state index in [0.29, 0.717) is 0 Å². The Bertz CT molecular complexity index is 952. The topological polar surface area (TPSA) is 57.2 Å². The number of rotatable bonds is 2. The van der Waals surface area contributed by atoms with Crippen LogP contribution in [0.25, 0.3) is 16.9 Å². The molecule has 25 heavy (non-hydrogen) atoms. The van der Waals surface area contributed by atoms with Crippen molar-refractivity contribution in [2.24, 2.45) is 5.92 Å². The molecule has 0 amide bonds. The van der Waals surface area contributed by atoms with Crippen LogP contribution in [0.4, 0.5) is 5.82 Å². The molecule has 1 aliphatic heterocycles. The number of nitrogens with zero attached hydrogens (tertiary/aromatic N) is 5. The van der Waals surface area contributed by atoms with Crippen molar-refractivity contribution in [2.45, 2.75) is 26.7 Å². The fourth-order valence-corrected chi connectivity index (χ4v) is 3.49. The first-order valence-electron chi connectivity index (χ1n) is 8.74. The summed E-state index contributed by atoms with van der Waals surface area (Å²) >= 11 is 0. The number of hydrogen-bond donors (Lipinski definition) is 0. The molecule has 4 rings (SSSR count). The van der Waals surface area contributed by atoms with Crippen LogP contribution >= 0.6 is 0 Å². The highest BCUT2D eigenvalue weighted by Crippen LogP contribution is 2.29. The Kier molecular flexibility index (Phi) is 3.89. The van der Waals surface area contributed by atoms with Gasteiger partial charge in [-0.3, -0.25) is 0 Å². The summed E-state index contributed by atoms with van der Waals surface area (Å²) in [5.41, 5.74) is 5.04. The van der Waals surface area contributed by atoms with Gasteiger partial charge < -0.3 is 4.90 Å². The molecule has 0 spiro atoms. The van der Waals surface area contributed by atoms with Crippen molar-refractivity contribution in [1.29, 1.82) is 5.26 Å². The minimum Gasteiger partial charge on any atom is -0.355 e. The predicted molar refractivity (Wildman–Crippen MR) is 98.4 cm³/mol. The zero-order chi connectivity index (χ0) is 17.4. The lowest BCUT2D eigenvalue weighted by Gasteiger charge is -2.31. The number of hydrogen-bond acceptors (Lipinski definition) is 4. The second kappa shape index (κ2) is 6.21. The van der Waals surface area contributed by atoms with Crippen LogP contribution in [0.1, 0.15) is 24.1 Å². The third kappa shape index (κ3) is 2.74. The summed E-state index contributed by atoms with van der Waals surface area (Å²) in [4.78, 5) is 7.15.